The van der Waals surface area contributed by atoms with Gasteiger partial charge in [0.15, 0.2) is 0 Å². The summed E-state index contributed by atoms with van der Waals surface area (Å²) in [7, 11) is 0. The molecule has 0 radical (unpaired) electrons. The van der Waals surface area contributed by atoms with Gasteiger partial charge in [0, 0.05) is 6.61 Å². The second-order valence-corrected chi connectivity index (χ2v) is 6.05. The molecule has 1 amide bonds. The maximum atomic E-state index is 14.1. The Morgan fingerprint density at radius 2 is 1.88 bits per heavy atom. The van der Waals surface area contributed by atoms with E-state index in [-0.39, 0.29) is 17.2 Å². The first-order chi connectivity index (χ1) is 12.5. The molecule has 2 N–H and O–H groups in total. The predicted molar refractivity (Wildman–Crippen MR) is 88.9 cm³/mol. The van der Waals surface area contributed by atoms with Crippen LogP contribution in [-0.4, -0.2) is 29.7 Å². The molecule has 0 bridgehead atoms. The van der Waals surface area contributed by atoms with Gasteiger partial charge in [0.05, 0.1) is 23.3 Å². The Balaban J connectivity index is 1.85. The number of rotatable bonds is 5. The van der Waals surface area contributed by atoms with Gasteiger partial charge in [-0.15, -0.1) is 0 Å². The minimum Gasteiger partial charge on any atom is -0.478 e. The number of carbonyl (C=O) groups excluding carboxylic acids is 1. The molecule has 0 aliphatic carbocycles. The van der Waals surface area contributed by atoms with Crippen LogP contribution < -0.4 is 5.32 Å². The highest BCUT2D eigenvalue weighted by Gasteiger charge is 2.29. The number of carboxylic acid groups (broad SMARTS) is 1. The summed E-state index contributed by atoms with van der Waals surface area (Å²) < 4.78 is 33.0. The zero-order valence-electron chi connectivity index (χ0n) is 13.7. The molecule has 26 heavy (non-hydrogen) atoms. The fourth-order valence-corrected chi connectivity index (χ4v) is 2.98. The lowest BCUT2D eigenvalue weighted by atomic mass is 9.98. The van der Waals surface area contributed by atoms with Crippen LogP contribution >= 0.6 is 0 Å². The van der Waals surface area contributed by atoms with Crippen LogP contribution in [0, 0.1) is 11.6 Å². The molecule has 2 aromatic carbocycles. The van der Waals surface area contributed by atoms with Crippen molar-refractivity contribution < 1.29 is 28.2 Å². The lowest BCUT2D eigenvalue weighted by Crippen LogP contribution is -2.36. The van der Waals surface area contributed by atoms with Crippen LogP contribution in [0.3, 0.4) is 0 Å². The molecule has 2 aromatic rings. The summed E-state index contributed by atoms with van der Waals surface area (Å²) in [5.74, 6) is -3.29. The van der Waals surface area contributed by atoms with Crippen LogP contribution in [0.2, 0.25) is 0 Å². The largest absolute Gasteiger partial charge is 0.478 e. The molecule has 2 unspecified atom stereocenters. The van der Waals surface area contributed by atoms with Crippen molar-refractivity contribution in [1.29, 1.82) is 0 Å². The zero-order chi connectivity index (χ0) is 18.7. The third-order valence-electron chi connectivity index (χ3n) is 4.31. The van der Waals surface area contributed by atoms with Gasteiger partial charge in [0.25, 0.3) is 5.91 Å². The fraction of sp³-hybridized carbons (Fsp3) is 0.263. The number of hydrogen-bond acceptors (Lipinski definition) is 3. The van der Waals surface area contributed by atoms with Crippen LogP contribution in [0.4, 0.5) is 8.78 Å². The van der Waals surface area contributed by atoms with Gasteiger partial charge in [-0.3, -0.25) is 4.79 Å². The molecule has 5 nitrogen and oxygen atoms in total. The third-order valence-corrected chi connectivity index (χ3v) is 4.31. The Morgan fingerprint density at radius 1 is 1.15 bits per heavy atom. The van der Waals surface area contributed by atoms with E-state index in [1.54, 1.807) is 12.1 Å². The molecule has 0 aromatic heterocycles. The molecule has 1 aliphatic heterocycles. The highest BCUT2D eigenvalue weighted by Crippen LogP contribution is 2.28. The van der Waals surface area contributed by atoms with Crippen molar-refractivity contribution in [2.24, 2.45) is 0 Å². The maximum absolute atomic E-state index is 14.1. The van der Waals surface area contributed by atoms with Crippen molar-refractivity contribution in [3.05, 3.63) is 70.8 Å². The molecule has 1 saturated heterocycles. The van der Waals surface area contributed by atoms with Crippen LogP contribution in [-0.2, 0) is 4.74 Å². The number of carbonyl (C=O) groups is 2. The number of ether oxygens (including phenoxy) is 1. The first-order valence-corrected chi connectivity index (χ1v) is 8.16. The molecule has 1 aliphatic rings. The van der Waals surface area contributed by atoms with Crippen LogP contribution in [0.1, 0.15) is 45.2 Å². The van der Waals surface area contributed by atoms with E-state index >= 15 is 0 Å². The number of aromatic carboxylic acids is 1. The average molecular weight is 361 g/mol. The Kier molecular flexibility index (Phi) is 5.27. The molecular weight excluding hydrogens is 344 g/mol. The van der Waals surface area contributed by atoms with E-state index in [2.05, 4.69) is 5.32 Å². The summed E-state index contributed by atoms with van der Waals surface area (Å²) in [5, 5.41) is 11.6. The molecule has 1 heterocycles. The molecule has 0 saturated carbocycles. The summed E-state index contributed by atoms with van der Waals surface area (Å²) in [6.07, 6.45) is 1.24. The average Bonchev–Trinajstić information content (AvgIpc) is 3.14. The van der Waals surface area contributed by atoms with E-state index in [9.17, 15) is 18.4 Å². The summed E-state index contributed by atoms with van der Waals surface area (Å²) in [6.45, 7) is 0.555. The normalized spacial score (nSPS) is 17.7. The van der Waals surface area contributed by atoms with Gasteiger partial charge in [-0.2, -0.15) is 0 Å². The Morgan fingerprint density at radius 3 is 2.46 bits per heavy atom. The smallest absolute Gasteiger partial charge is 0.335 e. The van der Waals surface area contributed by atoms with Crippen molar-refractivity contribution in [1.82, 2.24) is 5.32 Å². The van der Waals surface area contributed by atoms with Gasteiger partial charge in [0.2, 0.25) is 0 Å². The summed E-state index contributed by atoms with van der Waals surface area (Å²) in [4.78, 5) is 23.4. The topological polar surface area (TPSA) is 75.6 Å². The number of amides is 1. The Labute approximate surface area is 148 Å². The van der Waals surface area contributed by atoms with Crippen molar-refractivity contribution in [2.45, 2.75) is 25.0 Å². The van der Waals surface area contributed by atoms with Crippen molar-refractivity contribution in [2.75, 3.05) is 6.61 Å². The first kappa shape index (κ1) is 18.0. The quantitative estimate of drug-likeness (QED) is 0.857. The number of nitrogens with one attached hydrogen (secondary N) is 1. The van der Waals surface area contributed by atoms with Crippen LogP contribution in [0.25, 0.3) is 0 Å². The molecule has 2 atom stereocenters. The van der Waals surface area contributed by atoms with Gasteiger partial charge in [-0.1, -0.05) is 12.1 Å². The molecule has 1 fully saturated rings. The van der Waals surface area contributed by atoms with Crippen LogP contribution in [0.15, 0.2) is 42.5 Å². The summed E-state index contributed by atoms with van der Waals surface area (Å²) in [6, 6.07) is 8.19. The van der Waals surface area contributed by atoms with Gasteiger partial charge < -0.3 is 15.2 Å². The lowest BCUT2D eigenvalue weighted by Gasteiger charge is -2.25. The Bertz CT molecular complexity index is 817. The summed E-state index contributed by atoms with van der Waals surface area (Å²) >= 11 is 0. The third kappa shape index (κ3) is 3.88. The second-order valence-electron chi connectivity index (χ2n) is 6.05. The van der Waals surface area contributed by atoms with Gasteiger partial charge in [-0.05, 0) is 48.7 Å². The Hall–Kier alpha value is -2.80. The summed E-state index contributed by atoms with van der Waals surface area (Å²) in [5.41, 5.74) is 0.141. The number of halogens is 2. The van der Waals surface area contributed by atoms with E-state index < -0.39 is 29.6 Å². The van der Waals surface area contributed by atoms with Gasteiger partial charge in [-0.25, -0.2) is 13.6 Å². The maximum Gasteiger partial charge on any atom is 0.335 e. The van der Waals surface area contributed by atoms with E-state index in [0.717, 1.165) is 18.6 Å². The minimum absolute atomic E-state index is 0.242. The monoisotopic (exact) mass is 361 g/mol. The van der Waals surface area contributed by atoms with E-state index in [4.69, 9.17) is 9.84 Å². The first-order valence-electron chi connectivity index (χ1n) is 8.16. The standard InChI is InChI=1S/C19H17F2NO4/c20-13-6-3-11(4-7-13)17(16-2-1-9-26-16)22-18(23)14-8-5-12(19(24)25)10-15(14)21/h3-8,10,16-17H,1-2,9H2,(H,22,23)(H,24,25). The molecule has 3 rings (SSSR count). The predicted octanol–water partition coefficient (Wildman–Crippen LogP) is 3.31. The van der Waals surface area contributed by atoms with Crippen molar-refractivity contribution in [3.8, 4) is 0 Å². The van der Waals surface area contributed by atoms with E-state index in [1.807, 2.05) is 0 Å². The highest BCUT2D eigenvalue weighted by molar-refractivity contribution is 5.96. The number of hydrogen-bond donors (Lipinski definition) is 2. The second kappa shape index (κ2) is 7.61. The van der Waals surface area contributed by atoms with Crippen LogP contribution in [0.5, 0.6) is 0 Å². The number of carboxylic acids is 1. The fourth-order valence-electron chi connectivity index (χ4n) is 2.98. The molecule has 136 valence electrons. The number of benzene rings is 2. The lowest BCUT2D eigenvalue weighted by molar-refractivity contribution is 0.0668. The highest BCUT2D eigenvalue weighted by atomic mass is 19.1. The molecule has 7 heteroatoms. The van der Waals surface area contributed by atoms with E-state index in [0.29, 0.717) is 18.6 Å². The van der Waals surface area contributed by atoms with E-state index in [1.165, 1.54) is 18.2 Å². The molecule has 0 spiro atoms. The molecular formula is C19H17F2NO4. The van der Waals surface area contributed by atoms with Gasteiger partial charge in [0.1, 0.15) is 11.6 Å². The minimum atomic E-state index is -1.28. The SMILES string of the molecule is O=C(O)c1ccc(C(=O)NC(c2ccc(F)cc2)C2CCCO2)c(F)c1. The van der Waals surface area contributed by atoms with Gasteiger partial charge >= 0.3 is 5.97 Å². The van der Waals surface area contributed by atoms with Crippen molar-refractivity contribution >= 4 is 11.9 Å². The van der Waals surface area contributed by atoms with Crippen molar-refractivity contribution in [3.63, 3.8) is 0 Å². The zero-order valence-corrected chi connectivity index (χ0v) is 13.7.